The van der Waals surface area contributed by atoms with Crippen molar-refractivity contribution in [2.45, 2.75) is 54.0 Å². The van der Waals surface area contributed by atoms with E-state index in [-0.39, 0.29) is 14.9 Å². The Labute approximate surface area is 151 Å². The van der Waals surface area contributed by atoms with E-state index in [9.17, 15) is 13.2 Å². The van der Waals surface area contributed by atoms with Gasteiger partial charge < -0.3 is 4.74 Å². The van der Waals surface area contributed by atoms with E-state index in [0.29, 0.717) is 6.42 Å². The molecule has 3 atom stereocenters. The number of ether oxygens (including phenoxy) is 1. The van der Waals surface area contributed by atoms with Crippen LogP contribution in [0.25, 0.3) is 0 Å². The van der Waals surface area contributed by atoms with Gasteiger partial charge in [-0.25, -0.2) is 8.42 Å². The summed E-state index contributed by atoms with van der Waals surface area (Å²) in [7, 11) is -2.44. The van der Waals surface area contributed by atoms with E-state index in [1.165, 1.54) is 11.4 Å². The molecule has 1 heterocycles. The molecule has 0 saturated carbocycles. The number of carbonyl (C=O) groups is 1. The predicted molar refractivity (Wildman–Crippen MR) is 97.1 cm³/mol. The fraction of sp³-hybridized carbons (Fsp3) is 0.562. The van der Waals surface area contributed by atoms with Crippen LogP contribution in [0.5, 0.6) is 0 Å². The first kappa shape index (κ1) is 18.7. The molecule has 1 aliphatic rings. The molecule has 1 aromatic carbocycles. The fourth-order valence-corrected chi connectivity index (χ4v) is 6.23. The summed E-state index contributed by atoms with van der Waals surface area (Å²) < 4.78 is 32.6. The molecule has 0 unspecified atom stereocenters. The number of benzene rings is 1. The summed E-state index contributed by atoms with van der Waals surface area (Å²) in [5.74, 6) is -0.485. The number of methoxy groups -OCH3 is 1. The van der Waals surface area contributed by atoms with Gasteiger partial charge in [-0.3, -0.25) is 4.79 Å². The lowest BCUT2D eigenvalue weighted by Gasteiger charge is -2.28. The van der Waals surface area contributed by atoms with E-state index >= 15 is 0 Å². The van der Waals surface area contributed by atoms with Gasteiger partial charge in [-0.1, -0.05) is 53.6 Å². The highest BCUT2D eigenvalue weighted by atomic mass is 127. The van der Waals surface area contributed by atoms with Gasteiger partial charge in [0.05, 0.1) is 12.0 Å². The Morgan fingerprint density at radius 1 is 1.35 bits per heavy atom. The molecule has 128 valence electrons. The minimum absolute atomic E-state index is 0.0943. The summed E-state index contributed by atoms with van der Waals surface area (Å²) in [6, 6.07) is 5.81. The molecule has 2 rings (SSSR count). The van der Waals surface area contributed by atoms with Crippen molar-refractivity contribution >= 4 is 38.6 Å². The van der Waals surface area contributed by atoms with Crippen molar-refractivity contribution in [1.29, 1.82) is 0 Å². The van der Waals surface area contributed by atoms with E-state index in [2.05, 4.69) is 22.6 Å². The minimum Gasteiger partial charge on any atom is -0.468 e. The minimum atomic E-state index is -3.74. The van der Waals surface area contributed by atoms with Crippen LogP contribution in [0.15, 0.2) is 29.2 Å². The van der Waals surface area contributed by atoms with Gasteiger partial charge in [-0.05, 0) is 31.9 Å². The first-order valence-corrected chi connectivity index (χ1v) is 10.3. The smallest absolute Gasteiger partial charge is 0.324 e. The Hall–Kier alpha value is -0.670. The number of alkyl halides is 1. The Bertz CT molecular complexity index is 659. The van der Waals surface area contributed by atoms with Crippen LogP contribution >= 0.6 is 22.6 Å². The molecule has 0 amide bonds. The molecule has 5 nitrogen and oxygen atoms in total. The van der Waals surface area contributed by atoms with Crippen molar-refractivity contribution in [3.63, 3.8) is 0 Å². The van der Waals surface area contributed by atoms with E-state index in [1.807, 2.05) is 13.8 Å². The largest absolute Gasteiger partial charge is 0.468 e. The van der Waals surface area contributed by atoms with Crippen LogP contribution in [-0.4, -0.2) is 41.8 Å². The number of hydrogen-bond acceptors (Lipinski definition) is 4. The Morgan fingerprint density at radius 3 is 2.48 bits per heavy atom. The third-order valence-corrected chi connectivity index (χ3v) is 7.44. The normalized spacial score (nSPS) is 25.5. The molecular formula is C16H22INO4S. The Balaban J connectivity index is 2.47. The lowest BCUT2D eigenvalue weighted by molar-refractivity contribution is -0.144. The zero-order valence-corrected chi connectivity index (χ0v) is 16.5. The van der Waals surface area contributed by atoms with Crippen molar-refractivity contribution in [2.24, 2.45) is 0 Å². The van der Waals surface area contributed by atoms with Crippen molar-refractivity contribution < 1.29 is 17.9 Å². The topological polar surface area (TPSA) is 63.7 Å². The van der Waals surface area contributed by atoms with E-state index < -0.39 is 22.0 Å². The third-order valence-electron chi connectivity index (χ3n) is 4.15. The van der Waals surface area contributed by atoms with Crippen LogP contribution in [-0.2, 0) is 19.6 Å². The monoisotopic (exact) mass is 451 g/mol. The Kier molecular flexibility index (Phi) is 6.07. The summed E-state index contributed by atoms with van der Waals surface area (Å²) in [6.07, 6.45) is 2.08. The number of rotatable bonds is 5. The molecule has 0 N–H and O–H groups in total. The fourth-order valence-electron chi connectivity index (χ4n) is 2.98. The van der Waals surface area contributed by atoms with E-state index in [1.54, 1.807) is 24.3 Å². The van der Waals surface area contributed by atoms with Crippen molar-refractivity contribution in [3.05, 3.63) is 29.8 Å². The second-order valence-corrected chi connectivity index (χ2v) is 9.24. The highest BCUT2D eigenvalue weighted by molar-refractivity contribution is 14.1. The van der Waals surface area contributed by atoms with Gasteiger partial charge in [0.2, 0.25) is 10.0 Å². The summed E-state index contributed by atoms with van der Waals surface area (Å²) in [5, 5.41) is 0. The second kappa shape index (κ2) is 7.48. The molecule has 23 heavy (non-hydrogen) atoms. The molecule has 0 bridgehead atoms. The zero-order valence-electron chi connectivity index (χ0n) is 13.5. The molecule has 1 aliphatic heterocycles. The summed E-state index contributed by atoms with van der Waals surface area (Å²) >= 11 is 2.25. The average Bonchev–Trinajstić information content (AvgIpc) is 2.85. The maximum Gasteiger partial charge on any atom is 0.324 e. The number of halogens is 1. The molecular weight excluding hydrogens is 429 g/mol. The lowest BCUT2D eigenvalue weighted by atomic mass is 10.1. The molecule has 0 aliphatic carbocycles. The highest BCUT2D eigenvalue weighted by Gasteiger charge is 2.49. The molecule has 0 spiro atoms. The highest BCUT2D eigenvalue weighted by Crippen LogP contribution is 2.38. The van der Waals surface area contributed by atoms with Gasteiger partial charge in [0.25, 0.3) is 0 Å². The number of hydrogen-bond donors (Lipinski definition) is 0. The van der Waals surface area contributed by atoms with Gasteiger partial charge in [0.15, 0.2) is 0 Å². The standard InChI is InChI=1S/C16H22INO4S/c1-4-5-14-13(17)10-15(16(19)22-3)18(14)23(20,21)12-8-6-11(2)7-9-12/h6-9,13-15H,4-5,10H2,1-3H3/t13-,14+,15+/m0/s1. The Morgan fingerprint density at radius 2 is 1.96 bits per heavy atom. The van der Waals surface area contributed by atoms with Crippen LogP contribution in [0.3, 0.4) is 0 Å². The quantitative estimate of drug-likeness (QED) is 0.393. The van der Waals surface area contributed by atoms with Gasteiger partial charge in [-0.15, -0.1) is 0 Å². The molecule has 1 aromatic rings. The van der Waals surface area contributed by atoms with Crippen LogP contribution in [0.4, 0.5) is 0 Å². The van der Waals surface area contributed by atoms with E-state index in [0.717, 1.165) is 18.4 Å². The predicted octanol–water partition coefficient (Wildman–Crippen LogP) is 2.90. The van der Waals surface area contributed by atoms with Gasteiger partial charge in [-0.2, -0.15) is 4.31 Å². The maximum absolute atomic E-state index is 13.1. The first-order valence-electron chi connectivity index (χ1n) is 7.65. The van der Waals surface area contributed by atoms with Crippen molar-refractivity contribution in [2.75, 3.05) is 7.11 Å². The summed E-state index contributed by atoms with van der Waals surface area (Å²) in [6.45, 7) is 3.93. The molecule has 1 saturated heterocycles. The van der Waals surface area contributed by atoms with Gasteiger partial charge in [0.1, 0.15) is 6.04 Å². The third kappa shape index (κ3) is 3.71. The molecule has 1 fully saturated rings. The summed E-state index contributed by atoms with van der Waals surface area (Å²) in [4.78, 5) is 12.3. The number of esters is 1. The zero-order chi connectivity index (χ0) is 17.2. The molecule has 0 radical (unpaired) electrons. The lowest BCUT2D eigenvalue weighted by Crippen LogP contribution is -2.46. The SMILES string of the molecule is CCC[C@@H]1[C@@H](I)C[C@H](C(=O)OC)N1S(=O)(=O)c1ccc(C)cc1. The van der Waals surface area contributed by atoms with Crippen LogP contribution in [0.2, 0.25) is 0 Å². The van der Waals surface area contributed by atoms with Crippen LogP contribution in [0.1, 0.15) is 31.7 Å². The number of aryl methyl sites for hydroxylation is 1. The number of sulfonamides is 1. The average molecular weight is 451 g/mol. The second-order valence-electron chi connectivity index (χ2n) is 5.79. The van der Waals surface area contributed by atoms with Crippen molar-refractivity contribution in [3.8, 4) is 0 Å². The molecule has 7 heteroatoms. The molecule has 0 aromatic heterocycles. The van der Waals surface area contributed by atoms with Gasteiger partial charge in [0, 0.05) is 9.97 Å². The number of carbonyl (C=O) groups excluding carboxylic acids is 1. The van der Waals surface area contributed by atoms with Crippen LogP contribution in [0, 0.1) is 6.92 Å². The van der Waals surface area contributed by atoms with Gasteiger partial charge >= 0.3 is 5.97 Å². The number of nitrogens with zero attached hydrogens (tertiary/aromatic N) is 1. The maximum atomic E-state index is 13.1. The van der Waals surface area contributed by atoms with Crippen molar-refractivity contribution in [1.82, 2.24) is 4.31 Å². The first-order chi connectivity index (χ1) is 10.8. The van der Waals surface area contributed by atoms with E-state index in [4.69, 9.17) is 4.74 Å². The van der Waals surface area contributed by atoms with Crippen LogP contribution < -0.4 is 0 Å². The summed E-state index contributed by atoms with van der Waals surface area (Å²) in [5.41, 5.74) is 0.992.